The van der Waals surface area contributed by atoms with E-state index in [9.17, 15) is 4.79 Å². The molecule has 88 valence electrons. The predicted molar refractivity (Wildman–Crippen MR) is 63.5 cm³/mol. The highest BCUT2D eigenvalue weighted by atomic mass is 32.1. The number of aromatic nitrogens is 1. The number of carbonyl (C=O) groups is 1. The first-order valence-corrected chi connectivity index (χ1v) is 6.22. The molecule has 2 heterocycles. The quantitative estimate of drug-likeness (QED) is 0.740. The second-order valence-corrected chi connectivity index (χ2v) is 5.06. The number of rotatable bonds is 5. The van der Waals surface area contributed by atoms with Gasteiger partial charge in [0.25, 0.3) is 0 Å². The number of carbonyl (C=O) groups excluding carboxylic acids is 1. The fraction of sp³-hybridized carbons (Fsp3) is 0.600. The normalized spacial score (nSPS) is 15.6. The summed E-state index contributed by atoms with van der Waals surface area (Å²) in [6.45, 7) is 6.02. The average Bonchev–Trinajstić information content (AvgIpc) is 2.83. The molecule has 1 saturated heterocycles. The van der Waals surface area contributed by atoms with Crippen LogP contribution in [0.1, 0.15) is 9.88 Å². The van der Waals surface area contributed by atoms with E-state index in [-0.39, 0.29) is 6.03 Å². The number of nitrogens with zero attached hydrogens (tertiary/aromatic N) is 2. The Morgan fingerprint density at radius 1 is 1.69 bits per heavy atom. The summed E-state index contributed by atoms with van der Waals surface area (Å²) >= 11 is 1.70. The molecule has 16 heavy (non-hydrogen) atoms. The maximum absolute atomic E-state index is 11.2. The molecule has 6 heteroatoms. The number of hydrogen-bond donors (Lipinski definition) is 2. The summed E-state index contributed by atoms with van der Waals surface area (Å²) < 4.78 is 0. The van der Waals surface area contributed by atoms with Gasteiger partial charge < -0.3 is 15.5 Å². The van der Waals surface area contributed by atoms with Gasteiger partial charge in [0.05, 0.1) is 5.01 Å². The third kappa shape index (κ3) is 2.93. The van der Waals surface area contributed by atoms with E-state index in [0.29, 0.717) is 0 Å². The van der Waals surface area contributed by atoms with Crippen LogP contribution in [0.25, 0.3) is 0 Å². The molecule has 1 aromatic rings. The molecule has 0 atom stereocenters. The summed E-state index contributed by atoms with van der Waals surface area (Å²) in [7, 11) is 0. The van der Waals surface area contributed by atoms with Gasteiger partial charge in [-0.3, -0.25) is 0 Å². The summed E-state index contributed by atoms with van der Waals surface area (Å²) in [4.78, 5) is 18.5. The van der Waals surface area contributed by atoms with Crippen LogP contribution < -0.4 is 10.6 Å². The van der Waals surface area contributed by atoms with Gasteiger partial charge in [-0.05, 0) is 6.92 Å². The Labute approximate surface area is 98.9 Å². The van der Waals surface area contributed by atoms with Gasteiger partial charge in [0.2, 0.25) is 0 Å². The summed E-state index contributed by atoms with van der Waals surface area (Å²) in [5.74, 6) is 0. The van der Waals surface area contributed by atoms with Crippen molar-refractivity contribution in [2.24, 2.45) is 0 Å². The lowest BCUT2D eigenvalue weighted by Crippen LogP contribution is -2.34. The van der Waals surface area contributed by atoms with Crippen molar-refractivity contribution >= 4 is 17.4 Å². The fourth-order valence-corrected chi connectivity index (χ4v) is 2.40. The molecule has 0 saturated carbocycles. The van der Waals surface area contributed by atoms with Gasteiger partial charge in [0.1, 0.15) is 0 Å². The van der Waals surface area contributed by atoms with E-state index < -0.39 is 0 Å². The molecule has 0 unspecified atom stereocenters. The Bertz CT molecular complexity index is 365. The molecular formula is C10H16N4OS. The maximum Gasteiger partial charge on any atom is 0.317 e. The van der Waals surface area contributed by atoms with E-state index in [2.05, 4.69) is 15.6 Å². The van der Waals surface area contributed by atoms with Crippen molar-refractivity contribution in [3.05, 3.63) is 16.1 Å². The van der Waals surface area contributed by atoms with Crippen molar-refractivity contribution in [2.45, 2.75) is 13.5 Å². The minimum absolute atomic E-state index is 0.0513. The zero-order valence-electron chi connectivity index (χ0n) is 9.32. The minimum Gasteiger partial charge on any atom is -0.336 e. The third-order valence-electron chi connectivity index (χ3n) is 2.47. The number of hydrogen-bond acceptors (Lipinski definition) is 4. The van der Waals surface area contributed by atoms with Gasteiger partial charge in [0.15, 0.2) is 0 Å². The Hall–Kier alpha value is -1.14. The zero-order chi connectivity index (χ0) is 11.4. The molecule has 2 rings (SSSR count). The number of thiazole rings is 1. The third-order valence-corrected chi connectivity index (χ3v) is 3.38. The molecule has 1 aliphatic heterocycles. The number of amides is 2. The minimum atomic E-state index is 0.0513. The molecule has 0 spiro atoms. The highest BCUT2D eigenvalue weighted by Gasteiger charge is 2.17. The lowest BCUT2D eigenvalue weighted by molar-refractivity contribution is 0.217. The Morgan fingerprint density at radius 2 is 2.56 bits per heavy atom. The van der Waals surface area contributed by atoms with Gasteiger partial charge in [0, 0.05) is 43.8 Å². The van der Waals surface area contributed by atoms with Crippen LogP contribution in [0.4, 0.5) is 4.79 Å². The summed E-state index contributed by atoms with van der Waals surface area (Å²) in [6, 6.07) is 0.0513. The van der Waals surface area contributed by atoms with Crippen LogP contribution in [0.5, 0.6) is 0 Å². The largest absolute Gasteiger partial charge is 0.336 e. The van der Waals surface area contributed by atoms with Crippen molar-refractivity contribution in [1.29, 1.82) is 0 Å². The van der Waals surface area contributed by atoms with Crippen molar-refractivity contribution in [2.75, 3.05) is 26.2 Å². The lowest BCUT2D eigenvalue weighted by Gasteiger charge is -2.13. The summed E-state index contributed by atoms with van der Waals surface area (Å²) in [6.07, 6.45) is 1.90. The topological polar surface area (TPSA) is 57.3 Å². The molecule has 0 aliphatic carbocycles. The first kappa shape index (κ1) is 11.3. The van der Waals surface area contributed by atoms with Gasteiger partial charge in [-0.2, -0.15) is 0 Å². The second kappa shape index (κ2) is 5.27. The number of nitrogens with one attached hydrogen (secondary N) is 2. The zero-order valence-corrected chi connectivity index (χ0v) is 10.1. The molecule has 2 N–H and O–H groups in total. The van der Waals surface area contributed by atoms with Crippen LogP contribution in [-0.4, -0.2) is 42.1 Å². The van der Waals surface area contributed by atoms with Crippen LogP contribution in [-0.2, 0) is 6.54 Å². The molecule has 5 nitrogen and oxygen atoms in total. The van der Waals surface area contributed by atoms with Crippen molar-refractivity contribution < 1.29 is 4.79 Å². The number of aryl methyl sites for hydroxylation is 1. The SMILES string of the molecule is Cc1ncc(CNCCN2CCNC2=O)s1. The smallest absolute Gasteiger partial charge is 0.317 e. The Kier molecular flexibility index (Phi) is 3.74. The molecule has 0 radical (unpaired) electrons. The first-order valence-electron chi connectivity index (χ1n) is 5.40. The molecular weight excluding hydrogens is 224 g/mol. The van der Waals surface area contributed by atoms with Crippen molar-refractivity contribution in [3.8, 4) is 0 Å². The maximum atomic E-state index is 11.2. The van der Waals surface area contributed by atoms with Crippen LogP contribution >= 0.6 is 11.3 Å². The average molecular weight is 240 g/mol. The van der Waals surface area contributed by atoms with Crippen LogP contribution in [0, 0.1) is 6.92 Å². The second-order valence-electron chi connectivity index (χ2n) is 3.74. The molecule has 1 aliphatic rings. The van der Waals surface area contributed by atoms with Crippen LogP contribution in [0.2, 0.25) is 0 Å². The molecule has 1 fully saturated rings. The molecule has 0 aromatic carbocycles. The van der Waals surface area contributed by atoms with E-state index in [1.165, 1.54) is 4.88 Å². The highest BCUT2D eigenvalue weighted by molar-refractivity contribution is 7.11. The Morgan fingerprint density at radius 3 is 3.19 bits per heavy atom. The standard InChI is InChI=1S/C10H16N4OS/c1-8-13-7-9(16-8)6-11-2-4-14-5-3-12-10(14)15/h7,11H,2-6H2,1H3,(H,12,15). The predicted octanol–water partition coefficient (Wildman–Crippen LogP) is 0.566. The van der Waals surface area contributed by atoms with Crippen LogP contribution in [0.3, 0.4) is 0 Å². The summed E-state index contributed by atoms with van der Waals surface area (Å²) in [5.41, 5.74) is 0. The van der Waals surface area contributed by atoms with Crippen molar-refractivity contribution in [1.82, 2.24) is 20.5 Å². The number of urea groups is 1. The fourth-order valence-electron chi connectivity index (χ4n) is 1.64. The Balaban J connectivity index is 1.63. The first-order chi connectivity index (χ1) is 7.75. The summed E-state index contributed by atoms with van der Waals surface area (Å²) in [5, 5.41) is 7.19. The van der Waals surface area contributed by atoms with E-state index in [4.69, 9.17) is 0 Å². The lowest BCUT2D eigenvalue weighted by atomic mass is 10.5. The van der Waals surface area contributed by atoms with Crippen molar-refractivity contribution in [3.63, 3.8) is 0 Å². The van der Waals surface area contributed by atoms with Gasteiger partial charge >= 0.3 is 6.03 Å². The molecule has 1 aromatic heterocycles. The highest BCUT2D eigenvalue weighted by Crippen LogP contribution is 2.10. The van der Waals surface area contributed by atoms with Gasteiger partial charge in [-0.25, -0.2) is 9.78 Å². The van der Waals surface area contributed by atoms with E-state index >= 15 is 0 Å². The molecule has 2 amide bonds. The monoisotopic (exact) mass is 240 g/mol. The van der Waals surface area contributed by atoms with E-state index in [0.717, 1.165) is 37.7 Å². The van der Waals surface area contributed by atoms with Crippen LogP contribution in [0.15, 0.2) is 6.20 Å². The van der Waals surface area contributed by atoms with E-state index in [1.807, 2.05) is 18.0 Å². The van der Waals surface area contributed by atoms with Gasteiger partial charge in [-0.15, -0.1) is 11.3 Å². The molecule has 0 bridgehead atoms. The van der Waals surface area contributed by atoms with Gasteiger partial charge in [-0.1, -0.05) is 0 Å². The van der Waals surface area contributed by atoms with E-state index in [1.54, 1.807) is 11.3 Å².